The van der Waals surface area contributed by atoms with Gasteiger partial charge in [0, 0.05) is 16.6 Å². The number of ether oxygens (including phenoxy) is 1. The highest BCUT2D eigenvalue weighted by molar-refractivity contribution is 7.10. The topological polar surface area (TPSA) is 67.4 Å². The second kappa shape index (κ2) is 8.88. The van der Waals surface area contributed by atoms with Gasteiger partial charge in [0.05, 0.1) is 13.2 Å². The van der Waals surface area contributed by atoms with Gasteiger partial charge in [-0.05, 0) is 54.6 Å². The summed E-state index contributed by atoms with van der Waals surface area (Å²) in [7, 11) is 0. The second-order valence-corrected chi connectivity index (χ2v) is 6.04. The third-order valence-corrected chi connectivity index (χ3v) is 4.27. The van der Waals surface area contributed by atoms with E-state index in [0.717, 1.165) is 10.4 Å². The number of esters is 1. The number of benzene rings is 1. The molecule has 126 valence electrons. The van der Waals surface area contributed by atoms with E-state index in [1.54, 1.807) is 36.5 Å². The summed E-state index contributed by atoms with van der Waals surface area (Å²) < 4.78 is 4.82. The molecule has 2 rings (SSSR count). The van der Waals surface area contributed by atoms with Gasteiger partial charge in [-0.3, -0.25) is 0 Å². The van der Waals surface area contributed by atoms with Crippen LogP contribution >= 0.6 is 11.3 Å². The van der Waals surface area contributed by atoms with Gasteiger partial charge in [-0.1, -0.05) is 12.1 Å². The van der Waals surface area contributed by atoms with Gasteiger partial charge >= 0.3 is 12.0 Å². The van der Waals surface area contributed by atoms with E-state index in [9.17, 15) is 9.59 Å². The van der Waals surface area contributed by atoms with Gasteiger partial charge in [-0.2, -0.15) is 0 Å². The average Bonchev–Trinajstić information content (AvgIpc) is 2.98. The van der Waals surface area contributed by atoms with Gasteiger partial charge in [-0.25, -0.2) is 9.59 Å². The number of carbonyl (C=O) groups excluding carboxylic acids is 2. The fraction of sp³-hybridized carbons (Fsp3) is 0.222. The van der Waals surface area contributed by atoms with E-state index in [0.29, 0.717) is 18.8 Å². The third kappa shape index (κ3) is 5.55. The summed E-state index contributed by atoms with van der Waals surface area (Å²) in [5, 5.41) is 7.61. The van der Waals surface area contributed by atoms with Crippen LogP contribution in [0.2, 0.25) is 0 Å². The van der Waals surface area contributed by atoms with Crippen LogP contribution < -0.4 is 10.6 Å². The molecule has 0 aliphatic rings. The zero-order valence-electron chi connectivity index (χ0n) is 13.7. The minimum atomic E-state index is -0.372. The summed E-state index contributed by atoms with van der Waals surface area (Å²) in [6.07, 6.45) is 3.05. The van der Waals surface area contributed by atoms with Gasteiger partial charge in [0.1, 0.15) is 0 Å². The number of nitrogens with one attached hydrogen (secondary N) is 2. The van der Waals surface area contributed by atoms with E-state index in [2.05, 4.69) is 10.6 Å². The van der Waals surface area contributed by atoms with E-state index in [4.69, 9.17) is 4.74 Å². The molecule has 0 saturated carbocycles. The molecule has 2 N–H and O–H groups in total. The molecule has 0 spiro atoms. The maximum atomic E-state index is 11.9. The van der Waals surface area contributed by atoms with Crippen molar-refractivity contribution in [3.05, 3.63) is 57.8 Å². The number of aryl methyl sites for hydroxylation is 1. The smallest absolute Gasteiger partial charge is 0.330 e. The van der Waals surface area contributed by atoms with Crippen molar-refractivity contribution in [1.82, 2.24) is 5.32 Å². The highest BCUT2D eigenvalue weighted by Gasteiger charge is 2.04. The Hall–Kier alpha value is -2.60. The Morgan fingerprint density at radius 3 is 2.58 bits per heavy atom. The molecule has 0 saturated heterocycles. The third-order valence-electron chi connectivity index (χ3n) is 3.24. The standard InChI is InChI=1S/C18H20N2O3S/c1-3-23-17(21)9-6-14-4-7-15(8-5-14)20-18(22)19-12-16-13(2)10-11-24-16/h4-11H,3,12H2,1-2H3,(H2,19,20,22)/b9-6-. The molecular formula is C18H20N2O3S. The van der Waals surface area contributed by atoms with Crippen molar-refractivity contribution in [2.24, 2.45) is 0 Å². The van der Waals surface area contributed by atoms with E-state index in [1.807, 2.05) is 30.5 Å². The minimum Gasteiger partial charge on any atom is -0.463 e. The molecule has 0 atom stereocenters. The predicted molar refractivity (Wildman–Crippen MR) is 97.0 cm³/mol. The van der Waals surface area contributed by atoms with Crippen molar-refractivity contribution in [2.75, 3.05) is 11.9 Å². The minimum absolute atomic E-state index is 0.252. The molecule has 1 aromatic carbocycles. The average molecular weight is 344 g/mol. The predicted octanol–water partition coefficient (Wildman–Crippen LogP) is 3.95. The number of anilines is 1. The molecule has 6 heteroatoms. The number of hydrogen-bond acceptors (Lipinski definition) is 4. The van der Waals surface area contributed by atoms with Crippen molar-refractivity contribution in [2.45, 2.75) is 20.4 Å². The summed E-state index contributed by atoms with van der Waals surface area (Å²) in [5.74, 6) is -0.372. The van der Waals surface area contributed by atoms with E-state index >= 15 is 0 Å². The Labute approximate surface area is 145 Å². The van der Waals surface area contributed by atoms with Gasteiger partial charge in [-0.15, -0.1) is 11.3 Å². The quantitative estimate of drug-likeness (QED) is 0.616. The number of amides is 2. The molecule has 1 heterocycles. The van der Waals surface area contributed by atoms with Crippen molar-refractivity contribution in [3.63, 3.8) is 0 Å². The van der Waals surface area contributed by atoms with Crippen LogP contribution in [0, 0.1) is 6.92 Å². The molecule has 2 aromatic rings. The monoisotopic (exact) mass is 344 g/mol. The lowest BCUT2D eigenvalue weighted by atomic mass is 10.2. The Kier molecular flexibility index (Phi) is 6.57. The van der Waals surface area contributed by atoms with Crippen molar-refractivity contribution >= 4 is 35.1 Å². The molecule has 0 unspecified atom stereocenters. The summed E-state index contributed by atoms with van der Waals surface area (Å²) in [5.41, 5.74) is 2.71. The molecule has 1 aromatic heterocycles. The van der Waals surface area contributed by atoms with Crippen molar-refractivity contribution < 1.29 is 14.3 Å². The molecule has 0 fully saturated rings. The number of carbonyl (C=O) groups is 2. The first kappa shape index (κ1) is 17.7. The van der Waals surface area contributed by atoms with Crippen LogP contribution in [0.5, 0.6) is 0 Å². The Morgan fingerprint density at radius 1 is 1.21 bits per heavy atom. The highest BCUT2D eigenvalue weighted by Crippen LogP contribution is 2.15. The molecule has 0 radical (unpaired) electrons. The van der Waals surface area contributed by atoms with Crippen LogP contribution in [0.3, 0.4) is 0 Å². The first-order chi connectivity index (χ1) is 11.6. The van der Waals surface area contributed by atoms with Crippen LogP contribution in [0.1, 0.15) is 22.9 Å². The Bertz CT molecular complexity index is 720. The van der Waals surface area contributed by atoms with Crippen molar-refractivity contribution in [3.8, 4) is 0 Å². The molecule has 24 heavy (non-hydrogen) atoms. The van der Waals surface area contributed by atoms with Gasteiger partial charge in [0.2, 0.25) is 0 Å². The first-order valence-corrected chi connectivity index (χ1v) is 8.49. The number of hydrogen-bond donors (Lipinski definition) is 2. The summed E-state index contributed by atoms with van der Waals surface area (Å²) in [4.78, 5) is 24.3. The van der Waals surface area contributed by atoms with Crippen LogP contribution in [0.15, 0.2) is 41.8 Å². The molecule has 0 bridgehead atoms. The number of thiophene rings is 1. The van der Waals surface area contributed by atoms with Gasteiger partial charge in [0.15, 0.2) is 0 Å². The van der Waals surface area contributed by atoms with E-state index in [1.165, 1.54) is 11.6 Å². The van der Waals surface area contributed by atoms with Crippen molar-refractivity contribution in [1.29, 1.82) is 0 Å². The summed E-state index contributed by atoms with van der Waals surface area (Å²) in [6.45, 7) is 4.65. The molecular weight excluding hydrogens is 324 g/mol. The van der Waals surface area contributed by atoms with Crippen LogP contribution in [0.25, 0.3) is 6.08 Å². The van der Waals surface area contributed by atoms with Gasteiger partial charge in [0.25, 0.3) is 0 Å². The molecule has 5 nitrogen and oxygen atoms in total. The first-order valence-electron chi connectivity index (χ1n) is 7.61. The van der Waals surface area contributed by atoms with Crippen LogP contribution in [-0.4, -0.2) is 18.6 Å². The van der Waals surface area contributed by atoms with Crippen LogP contribution in [-0.2, 0) is 16.1 Å². The zero-order valence-corrected chi connectivity index (χ0v) is 14.5. The fourth-order valence-electron chi connectivity index (χ4n) is 1.95. The van der Waals surface area contributed by atoms with E-state index in [-0.39, 0.29) is 12.0 Å². The lowest BCUT2D eigenvalue weighted by Gasteiger charge is -2.07. The lowest BCUT2D eigenvalue weighted by Crippen LogP contribution is -2.28. The Morgan fingerprint density at radius 2 is 1.96 bits per heavy atom. The largest absolute Gasteiger partial charge is 0.463 e. The zero-order chi connectivity index (χ0) is 17.4. The fourth-order valence-corrected chi connectivity index (χ4v) is 2.80. The number of rotatable bonds is 6. The maximum absolute atomic E-state index is 11.9. The molecule has 0 aliphatic carbocycles. The van der Waals surface area contributed by atoms with E-state index < -0.39 is 0 Å². The lowest BCUT2D eigenvalue weighted by molar-refractivity contribution is -0.137. The number of urea groups is 1. The van der Waals surface area contributed by atoms with Gasteiger partial charge < -0.3 is 15.4 Å². The SMILES string of the molecule is CCOC(=O)/C=C\c1ccc(NC(=O)NCc2sccc2C)cc1. The normalized spacial score (nSPS) is 10.6. The highest BCUT2D eigenvalue weighted by atomic mass is 32.1. The Balaban J connectivity index is 1.83. The second-order valence-electron chi connectivity index (χ2n) is 5.04. The molecule has 2 amide bonds. The maximum Gasteiger partial charge on any atom is 0.330 e. The molecule has 0 aliphatic heterocycles. The summed E-state index contributed by atoms with van der Waals surface area (Å²) in [6, 6.07) is 8.96. The van der Waals surface area contributed by atoms with Crippen LogP contribution in [0.4, 0.5) is 10.5 Å². The summed E-state index contributed by atoms with van der Waals surface area (Å²) >= 11 is 1.62.